The van der Waals surface area contributed by atoms with Gasteiger partial charge in [-0.2, -0.15) is 5.10 Å². The predicted molar refractivity (Wildman–Crippen MR) is 132 cm³/mol. The molecule has 0 saturated heterocycles. The van der Waals surface area contributed by atoms with E-state index in [1.807, 2.05) is 24.3 Å². The first-order valence-electron chi connectivity index (χ1n) is 11.8. The van der Waals surface area contributed by atoms with Crippen molar-refractivity contribution in [3.05, 3.63) is 77.0 Å². The standard InChI is InChI=1S/C27H32N4O3/c1-5-34-25(32)19-12-8-13-20(16-19)31-24(17-23(30-31)27(2,3)4)29-26(33)28-22-15-9-11-18-10-6-7-14-21(18)22/h6-8,10,12-14,16-17,22H,5,9,11,15H2,1-4H3,(H2,28,29,33). The molecule has 178 valence electrons. The number of urea groups is 1. The van der Waals surface area contributed by atoms with E-state index in [9.17, 15) is 9.59 Å². The monoisotopic (exact) mass is 460 g/mol. The van der Waals surface area contributed by atoms with Gasteiger partial charge in [0.2, 0.25) is 0 Å². The van der Waals surface area contributed by atoms with Crippen LogP contribution in [0.1, 0.15) is 73.8 Å². The number of anilines is 1. The van der Waals surface area contributed by atoms with Gasteiger partial charge in [-0.3, -0.25) is 5.32 Å². The number of carbonyl (C=O) groups excluding carboxylic acids is 2. The second-order valence-corrected chi connectivity index (χ2v) is 9.59. The van der Waals surface area contributed by atoms with Crippen molar-refractivity contribution < 1.29 is 14.3 Å². The molecule has 2 amide bonds. The number of fused-ring (bicyclic) bond motifs is 1. The van der Waals surface area contributed by atoms with Crippen molar-refractivity contribution in [2.24, 2.45) is 0 Å². The average Bonchev–Trinajstić information content (AvgIpc) is 3.24. The molecule has 0 spiro atoms. The number of ether oxygens (including phenoxy) is 1. The van der Waals surface area contributed by atoms with Gasteiger partial charge in [0.15, 0.2) is 0 Å². The summed E-state index contributed by atoms with van der Waals surface area (Å²) in [5, 5.41) is 10.9. The summed E-state index contributed by atoms with van der Waals surface area (Å²) in [6, 6.07) is 16.9. The summed E-state index contributed by atoms with van der Waals surface area (Å²) in [5.74, 6) is 0.142. The molecule has 4 rings (SSSR count). The largest absolute Gasteiger partial charge is 0.462 e. The number of aromatic nitrogens is 2. The molecule has 34 heavy (non-hydrogen) atoms. The molecular formula is C27H32N4O3. The molecule has 1 aliphatic rings. The molecule has 0 aliphatic heterocycles. The average molecular weight is 461 g/mol. The first-order chi connectivity index (χ1) is 16.3. The molecule has 0 fully saturated rings. The van der Waals surface area contributed by atoms with Gasteiger partial charge < -0.3 is 10.1 Å². The van der Waals surface area contributed by atoms with E-state index in [2.05, 4.69) is 43.5 Å². The first kappa shape index (κ1) is 23.5. The van der Waals surface area contributed by atoms with Gasteiger partial charge in [-0.25, -0.2) is 14.3 Å². The minimum Gasteiger partial charge on any atom is -0.462 e. The van der Waals surface area contributed by atoms with Gasteiger partial charge in [-0.05, 0) is 55.5 Å². The van der Waals surface area contributed by atoms with Crippen molar-refractivity contribution in [3.63, 3.8) is 0 Å². The van der Waals surface area contributed by atoms with Gasteiger partial charge >= 0.3 is 12.0 Å². The quantitative estimate of drug-likeness (QED) is 0.489. The van der Waals surface area contributed by atoms with E-state index < -0.39 is 5.97 Å². The van der Waals surface area contributed by atoms with Crippen LogP contribution in [0.3, 0.4) is 0 Å². The number of carbonyl (C=O) groups is 2. The van der Waals surface area contributed by atoms with Crippen molar-refractivity contribution in [2.75, 3.05) is 11.9 Å². The zero-order valence-corrected chi connectivity index (χ0v) is 20.2. The number of esters is 1. The number of benzene rings is 2. The summed E-state index contributed by atoms with van der Waals surface area (Å²) >= 11 is 0. The van der Waals surface area contributed by atoms with E-state index in [4.69, 9.17) is 9.84 Å². The second kappa shape index (κ2) is 9.71. The summed E-state index contributed by atoms with van der Waals surface area (Å²) in [6.07, 6.45) is 2.97. The van der Waals surface area contributed by atoms with Gasteiger partial charge in [0.1, 0.15) is 5.82 Å². The Kier molecular flexibility index (Phi) is 6.72. The Morgan fingerprint density at radius 2 is 1.91 bits per heavy atom. The fraction of sp³-hybridized carbons (Fsp3) is 0.370. The normalized spacial score (nSPS) is 15.4. The highest BCUT2D eigenvalue weighted by molar-refractivity contribution is 5.91. The number of aryl methyl sites for hydroxylation is 1. The lowest BCUT2D eigenvalue weighted by atomic mass is 9.88. The van der Waals surface area contributed by atoms with Crippen LogP contribution in [0.15, 0.2) is 54.6 Å². The first-order valence-corrected chi connectivity index (χ1v) is 11.8. The van der Waals surface area contributed by atoms with Crippen LogP contribution in [0.4, 0.5) is 10.6 Å². The van der Waals surface area contributed by atoms with Crippen LogP contribution < -0.4 is 10.6 Å². The van der Waals surface area contributed by atoms with Crippen molar-refractivity contribution in [1.29, 1.82) is 0 Å². The number of rotatable bonds is 5. The third-order valence-electron chi connectivity index (χ3n) is 6.00. The van der Waals surface area contributed by atoms with Crippen LogP contribution in [0.5, 0.6) is 0 Å². The number of nitrogens with one attached hydrogen (secondary N) is 2. The number of amides is 2. The maximum absolute atomic E-state index is 13.1. The molecular weight excluding hydrogens is 428 g/mol. The van der Waals surface area contributed by atoms with Gasteiger partial charge in [0, 0.05) is 11.5 Å². The highest BCUT2D eigenvalue weighted by Gasteiger charge is 2.24. The molecule has 7 nitrogen and oxygen atoms in total. The lowest BCUT2D eigenvalue weighted by Gasteiger charge is -2.26. The van der Waals surface area contributed by atoms with Crippen LogP contribution in [0.25, 0.3) is 5.69 Å². The summed E-state index contributed by atoms with van der Waals surface area (Å²) in [6.45, 7) is 8.28. The van der Waals surface area contributed by atoms with E-state index in [0.29, 0.717) is 23.7 Å². The van der Waals surface area contributed by atoms with E-state index in [0.717, 1.165) is 25.0 Å². The van der Waals surface area contributed by atoms with E-state index >= 15 is 0 Å². The molecule has 1 atom stereocenters. The molecule has 1 aliphatic carbocycles. The van der Waals surface area contributed by atoms with Crippen LogP contribution in [-0.4, -0.2) is 28.4 Å². The Hall–Kier alpha value is -3.61. The zero-order valence-electron chi connectivity index (χ0n) is 20.2. The lowest BCUT2D eigenvalue weighted by Crippen LogP contribution is -2.34. The fourth-order valence-corrected chi connectivity index (χ4v) is 4.23. The third-order valence-corrected chi connectivity index (χ3v) is 6.00. The number of hydrogen-bond acceptors (Lipinski definition) is 4. The maximum atomic E-state index is 13.1. The van der Waals surface area contributed by atoms with Crippen molar-refractivity contribution in [2.45, 2.75) is 58.4 Å². The zero-order chi connectivity index (χ0) is 24.3. The van der Waals surface area contributed by atoms with Gasteiger partial charge in [-0.15, -0.1) is 0 Å². The Balaban J connectivity index is 1.61. The summed E-state index contributed by atoms with van der Waals surface area (Å²) < 4.78 is 6.80. The Labute approximate surface area is 200 Å². The molecule has 0 saturated carbocycles. The molecule has 2 aromatic carbocycles. The smallest absolute Gasteiger partial charge is 0.338 e. The van der Waals surface area contributed by atoms with E-state index in [1.165, 1.54) is 11.1 Å². The van der Waals surface area contributed by atoms with Crippen LogP contribution in [0.2, 0.25) is 0 Å². The highest BCUT2D eigenvalue weighted by atomic mass is 16.5. The Bertz CT molecular complexity index is 1190. The Morgan fingerprint density at radius 1 is 1.12 bits per heavy atom. The van der Waals surface area contributed by atoms with Crippen LogP contribution in [0, 0.1) is 0 Å². The second-order valence-electron chi connectivity index (χ2n) is 9.59. The highest BCUT2D eigenvalue weighted by Crippen LogP contribution is 2.30. The summed E-state index contributed by atoms with van der Waals surface area (Å²) in [7, 11) is 0. The SMILES string of the molecule is CCOC(=O)c1cccc(-n2nc(C(C)(C)C)cc2NC(=O)NC2CCCc3ccccc32)c1. The van der Waals surface area contributed by atoms with Crippen LogP contribution >= 0.6 is 0 Å². The minimum atomic E-state index is -0.393. The molecule has 2 N–H and O–H groups in total. The van der Waals surface area contributed by atoms with Crippen molar-refractivity contribution >= 4 is 17.8 Å². The van der Waals surface area contributed by atoms with E-state index in [-0.39, 0.29) is 17.5 Å². The van der Waals surface area contributed by atoms with Crippen LogP contribution in [-0.2, 0) is 16.6 Å². The molecule has 1 heterocycles. The van der Waals surface area contributed by atoms with Gasteiger partial charge in [0.05, 0.1) is 29.6 Å². The molecule has 1 aromatic heterocycles. The summed E-state index contributed by atoms with van der Waals surface area (Å²) in [4.78, 5) is 25.3. The molecule has 7 heteroatoms. The van der Waals surface area contributed by atoms with Crippen molar-refractivity contribution in [1.82, 2.24) is 15.1 Å². The number of nitrogens with zero attached hydrogens (tertiary/aromatic N) is 2. The molecule has 0 bridgehead atoms. The molecule has 3 aromatic rings. The number of hydrogen-bond donors (Lipinski definition) is 2. The predicted octanol–water partition coefficient (Wildman–Crippen LogP) is 5.55. The Morgan fingerprint density at radius 3 is 2.68 bits per heavy atom. The van der Waals surface area contributed by atoms with Gasteiger partial charge in [-0.1, -0.05) is 51.1 Å². The lowest BCUT2D eigenvalue weighted by molar-refractivity contribution is 0.0526. The van der Waals surface area contributed by atoms with Gasteiger partial charge in [0.25, 0.3) is 0 Å². The maximum Gasteiger partial charge on any atom is 0.338 e. The minimum absolute atomic E-state index is 0.0319. The topological polar surface area (TPSA) is 85.2 Å². The fourth-order valence-electron chi connectivity index (χ4n) is 4.23. The molecule has 1 unspecified atom stereocenters. The van der Waals surface area contributed by atoms with Crippen molar-refractivity contribution in [3.8, 4) is 5.69 Å². The van der Waals surface area contributed by atoms with E-state index in [1.54, 1.807) is 29.8 Å². The third kappa shape index (κ3) is 5.14. The summed E-state index contributed by atoms with van der Waals surface area (Å²) in [5.41, 5.74) is 4.16. The molecule has 0 radical (unpaired) electrons.